The second kappa shape index (κ2) is 5.03. The van der Waals surface area contributed by atoms with Gasteiger partial charge < -0.3 is 5.73 Å². The Morgan fingerprint density at radius 2 is 2.06 bits per heavy atom. The molecule has 5 nitrogen and oxygen atoms in total. The molecule has 92 valence electrons. The molecule has 0 radical (unpaired) electrons. The largest absolute Gasteiger partial charge is 0.396 e. The standard InChI is InChI=1S/C12H19N5/c1-3-5-6-17-9-11(13)12(15-17)10-7-14-16(4-2)8-10/h7-9H,3-6,13H2,1-2H3. The second-order valence-electron chi connectivity index (χ2n) is 4.13. The van der Waals surface area contributed by atoms with Crippen molar-refractivity contribution in [1.82, 2.24) is 19.6 Å². The number of hydrogen-bond acceptors (Lipinski definition) is 3. The van der Waals surface area contributed by atoms with Gasteiger partial charge in [0.2, 0.25) is 0 Å². The zero-order valence-corrected chi connectivity index (χ0v) is 10.4. The highest BCUT2D eigenvalue weighted by Gasteiger charge is 2.10. The number of rotatable bonds is 5. The Morgan fingerprint density at radius 1 is 1.24 bits per heavy atom. The summed E-state index contributed by atoms with van der Waals surface area (Å²) in [4.78, 5) is 0. The van der Waals surface area contributed by atoms with Crippen LogP contribution in [0.4, 0.5) is 5.69 Å². The maximum Gasteiger partial charge on any atom is 0.118 e. The zero-order chi connectivity index (χ0) is 12.3. The highest BCUT2D eigenvalue weighted by Crippen LogP contribution is 2.23. The molecule has 0 aliphatic heterocycles. The minimum atomic E-state index is 0.719. The van der Waals surface area contributed by atoms with Gasteiger partial charge in [0, 0.05) is 31.0 Å². The van der Waals surface area contributed by atoms with E-state index in [1.54, 1.807) is 0 Å². The molecule has 0 atom stereocenters. The van der Waals surface area contributed by atoms with Crippen LogP contribution in [0.5, 0.6) is 0 Å². The number of hydrogen-bond donors (Lipinski definition) is 1. The van der Waals surface area contributed by atoms with Crippen LogP contribution in [0.1, 0.15) is 26.7 Å². The van der Waals surface area contributed by atoms with Gasteiger partial charge in [-0.1, -0.05) is 13.3 Å². The summed E-state index contributed by atoms with van der Waals surface area (Å²) in [6, 6.07) is 0. The molecular weight excluding hydrogens is 214 g/mol. The lowest BCUT2D eigenvalue weighted by Gasteiger charge is -1.97. The fourth-order valence-electron chi connectivity index (χ4n) is 1.75. The molecule has 0 spiro atoms. The summed E-state index contributed by atoms with van der Waals surface area (Å²) in [7, 11) is 0. The normalized spacial score (nSPS) is 10.9. The smallest absolute Gasteiger partial charge is 0.118 e. The third-order valence-electron chi connectivity index (χ3n) is 2.76. The fourth-order valence-corrected chi connectivity index (χ4v) is 1.75. The summed E-state index contributed by atoms with van der Waals surface area (Å²) in [5, 5.41) is 8.74. The van der Waals surface area contributed by atoms with Gasteiger partial charge in [0.05, 0.1) is 11.9 Å². The van der Waals surface area contributed by atoms with Gasteiger partial charge in [-0.25, -0.2) is 0 Å². The summed E-state index contributed by atoms with van der Waals surface area (Å²) in [5.41, 5.74) is 8.51. The summed E-state index contributed by atoms with van der Waals surface area (Å²) in [6.45, 7) is 6.00. The molecule has 2 aromatic rings. The Morgan fingerprint density at radius 3 is 2.71 bits per heavy atom. The van der Waals surface area contributed by atoms with E-state index in [-0.39, 0.29) is 0 Å². The third-order valence-corrected chi connectivity index (χ3v) is 2.76. The highest BCUT2D eigenvalue weighted by molar-refractivity contribution is 5.70. The SMILES string of the molecule is CCCCn1cc(N)c(-c2cnn(CC)c2)n1. The number of nitrogens with two attached hydrogens (primary N) is 1. The second-order valence-corrected chi connectivity index (χ2v) is 4.13. The van der Waals surface area contributed by atoms with Crippen molar-refractivity contribution >= 4 is 5.69 Å². The Bertz CT molecular complexity index is 483. The minimum absolute atomic E-state index is 0.719. The molecule has 0 saturated heterocycles. The van der Waals surface area contributed by atoms with E-state index in [0.29, 0.717) is 0 Å². The van der Waals surface area contributed by atoms with Crippen LogP contribution in [-0.2, 0) is 13.1 Å². The van der Waals surface area contributed by atoms with Crippen LogP contribution in [0.15, 0.2) is 18.6 Å². The van der Waals surface area contributed by atoms with Gasteiger partial charge >= 0.3 is 0 Å². The lowest BCUT2D eigenvalue weighted by molar-refractivity contribution is 0.573. The molecule has 2 aromatic heterocycles. The monoisotopic (exact) mass is 233 g/mol. The van der Waals surface area contributed by atoms with Crippen molar-refractivity contribution in [2.75, 3.05) is 5.73 Å². The fraction of sp³-hybridized carbons (Fsp3) is 0.500. The predicted molar refractivity (Wildman–Crippen MR) is 68.4 cm³/mol. The van der Waals surface area contributed by atoms with Gasteiger partial charge in [0.25, 0.3) is 0 Å². The number of aromatic nitrogens is 4. The van der Waals surface area contributed by atoms with Gasteiger partial charge in [-0.3, -0.25) is 9.36 Å². The summed E-state index contributed by atoms with van der Waals surface area (Å²) >= 11 is 0. The highest BCUT2D eigenvalue weighted by atomic mass is 15.3. The molecule has 17 heavy (non-hydrogen) atoms. The van der Waals surface area contributed by atoms with Crippen molar-refractivity contribution in [3.8, 4) is 11.3 Å². The van der Waals surface area contributed by atoms with Crippen LogP contribution >= 0.6 is 0 Å². The van der Waals surface area contributed by atoms with Crippen molar-refractivity contribution in [3.05, 3.63) is 18.6 Å². The van der Waals surface area contributed by atoms with E-state index in [2.05, 4.69) is 24.0 Å². The molecule has 0 aliphatic carbocycles. The first kappa shape index (κ1) is 11.7. The Labute approximate surface area is 101 Å². The molecule has 0 saturated carbocycles. The van der Waals surface area contributed by atoms with Gasteiger partial charge in [-0.2, -0.15) is 10.2 Å². The maximum absolute atomic E-state index is 5.98. The Hall–Kier alpha value is -1.78. The molecular formula is C12H19N5. The quantitative estimate of drug-likeness (QED) is 0.860. The van der Waals surface area contributed by atoms with E-state index in [0.717, 1.165) is 42.9 Å². The first-order valence-electron chi connectivity index (χ1n) is 6.10. The average molecular weight is 233 g/mol. The van der Waals surface area contributed by atoms with E-state index in [4.69, 9.17) is 5.73 Å². The summed E-state index contributed by atoms with van der Waals surface area (Å²) in [5.74, 6) is 0. The third kappa shape index (κ3) is 2.49. The zero-order valence-electron chi connectivity index (χ0n) is 10.4. The maximum atomic E-state index is 5.98. The Kier molecular flexibility index (Phi) is 3.46. The van der Waals surface area contributed by atoms with Gasteiger partial charge in [0.15, 0.2) is 0 Å². The molecule has 2 rings (SSSR count). The van der Waals surface area contributed by atoms with Crippen LogP contribution in [0.2, 0.25) is 0 Å². The van der Waals surface area contributed by atoms with E-state index in [1.807, 2.05) is 28.0 Å². The van der Waals surface area contributed by atoms with E-state index in [9.17, 15) is 0 Å². The van der Waals surface area contributed by atoms with Crippen molar-refractivity contribution in [2.24, 2.45) is 0 Å². The number of nitrogens with zero attached hydrogens (tertiary/aromatic N) is 4. The number of aryl methyl sites for hydroxylation is 2. The van der Waals surface area contributed by atoms with Gasteiger partial charge in [-0.15, -0.1) is 0 Å². The molecule has 0 unspecified atom stereocenters. The summed E-state index contributed by atoms with van der Waals surface area (Å²) < 4.78 is 3.79. The van der Waals surface area contributed by atoms with E-state index >= 15 is 0 Å². The molecule has 0 fully saturated rings. The molecule has 0 amide bonds. The number of anilines is 1. The lowest BCUT2D eigenvalue weighted by Crippen LogP contribution is -1.97. The number of nitrogen functional groups attached to an aromatic ring is 1. The molecule has 5 heteroatoms. The molecule has 2 N–H and O–H groups in total. The first-order chi connectivity index (χ1) is 8.24. The predicted octanol–water partition coefficient (Wildman–Crippen LogP) is 2.15. The van der Waals surface area contributed by atoms with Crippen molar-refractivity contribution in [2.45, 2.75) is 39.8 Å². The lowest BCUT2D eigenvalue weighted by atomic mass is 10.2. The molecule has 0 aromatic carbocycles. The number of unbranched alkanes of at least 4 members (excludes halogenated alkanes) is 1. The summed E-state index contributed by atoms with van der Waals surface area (Å²) in [6.07, 6.45) is 7.96. The van der Waals surface area contributed by atoms with Crippen molar-refractivity contribution in [3.63, 3.8) is 0 Å². The van der Waals surface area contributed by atoms with Crippen LogP contribution in [-0.4, -0.2) is 19.6 Å². The molecule has 0 bridgehead atoms. The van der Waals surface area contributed by atoms with Crippen molar-refractivity contribution in [1.29, 1.82) is 0 Å². The van der Waals surface area contributed by atoms with Gasteiger partial charge in [0.1, 0.15) is 5.69 Å². The minimum Gasteiger partial charge on any atom is -0.396 e. The van der Waals surface area contributed by atoms with Crippen LogP contribution in [0, 0.1) is 0 Å². The molecule has 2 heterocycles. The van der Waals surface area contributed by atoms with E-state index in [1.165, 1.54) is 0 Å². The van der Waals surface area contributed by atoms with Crippen molar-refractivity contribution < 1.29 is 0 Å². The van der Waals surface area contributed by atoms with E-state index < -0.39 is 0 Å². The topological polar surface area (TPSA) is 61.7 Å². The Balaban J connectivity index is 2.22. The molecule has 0 aliphatic rings. The van der Waals surface area contributed by atoms with Crippen LogP contribution in [0.25, 0.3) is 11.3 Å². The van der Waals surface area contributed by atoms with Crippen LogP contribution < -0.4 is 5.73 Å². The van der Waals surface area contributed by atoms with Gasteiger partial charge in [-0.05, 0) is 13.3 Å². The average Bonchev–Trinajstić information content (AvgIpc) is 2.92. The first-order valence-corrected chi connectivity index (χ1v) is 6.10. The van der Waals surface area contributed by atoms with Crippen LogP contribution in [0.3, 0.4) is 0 Å².